The third-order valence-corrected chi connectivity index (χ3v) is 5.12. The van der Waals surface area contributed by atoms with E-state index in [2.05, 4.69) is 4.74 Å². The molecule has 15 heteroatoms. The smallest absolute Gasteiger partial charge is 0.464 e. The Hall–Kier alpha value is -2.97. The fourth-order valence-corrected chi connectivity index (χ4v) is 3.71. The highest BCUT2D eigenvalue weighted by Gasteiger charge is 2.66. The van der Waals surface area contributed by atoms with Gasteiger partial charge in [-0.25, -0.2) is 9.18 Å². The van der Waals surface area contributed by atoms with Gasteiger partial charge < -0.3 is 29.0 Å². The quantitative estimate of drug-likeness (QED) is 0.283. The molecular formula is C20H27F4NO10. The summed E-state index contributed by atoms with van der Waals surface area (Å²) in [6.45, 7) is 5.47. The number of rotatable bonds is 8. The molecule has 1 saturated heterocycles. The van der Waals surface area contributed by atoms with Crippen LogP contribution in [-0.4, -0.2) is 79.4 Å². The van der Waals surface area contributed by atoms with E-state index in [0.29, 0.717) is 0 Å². The highest BCUT2D eigenvalue weighted by atomic mass is 19.4. The first-order valence-corrected chi connectivity index (χ1v) is 10.3. The van der Waals surface area contributed by atoms with E-state index in [4.69, 9.17) is 18.9 Å². The van der Waals surface area contributed by atoms with Crippen LogP contribution in [0.4, 0.5) is 17.6 Å². The van der Waals surface area contributed by atoms with Crippen molar-refractivity contribution in [3.05, 3.63) is 0 Å². The van der Waals surface area contributed by atoms with Crippen LogP contribution in [0, 0.1) is 5.92 Å². The van der Waals surface area contributed by atoms with Crippen molar-refractivity contribution in [3.8, 4) is 0 Å². The van der Waals surface area contributed by atoms with Crippen LogP contribution in [0.15, 0.2) is 0 Å². The maximum atomic E-state index is 15.8. The molecule has 35 heavy (non-hydrogen) atoms. The molecule has 11 nitrogen and oxygen atoms in total. The highest BCUT2D eigenvalue weighted by molar-refractivity contribution is 5.84. The molecular weight excluding hydrogens is 490 g/mol. The maximum Gasteiger partial charge on any atom is 0.471 e. The van der Waals surface area contributed by atoms with E-state index in [0.717, 1.165) is 27.9 Å². The standard InChI is InChI=1S/C20H27F4NO10/c1-7-12(32-9(3)26)8(2)14-13(25-17(29)20(22,23)24)15(33-10(4)27)16(21)19(35-14,18(30)31-6)34-11(5)28/h8,12-16H,7H2,1-6H3,(H,25,29)/t8-,12-,13+,14?,15+,16?,19-/m1/s1. The van der Waals surface area contributed by atoms with Gasteiger partial charge in [-0.15, -0.1) is 0 Å². The van der Waals surface area contributed by atoms with Gasteiger partial charge in [0.2, 0.25) is 6.17 Å². The molecule has 1 fully saturated rings. The summed E-state index contributed by atoms with van der Waals surface area (Å²) in [4.78, 5) is 59.3. The van der Waals surface area contributed by atoms with Gasteiger partial charge in [0.15, 0.2) is 6.10 Å². The number of halogens is 4. The van der Waals surface area contributed by atoms with Crippen molar-refractivity contribution in [2.45, 2.75) is 83.5 Å². The zero-order chi connectivity index (χ0) is 27.3. The molecule has 0 bridgehead atoms. The Kier molecular flexibility index (Phi) is 10.00. The Labute approximate surface area is 197 Å². The lowest BCUT2D eigenvalue weighted by molar-refractivity contribution is -0.321. The topological polar surface area (TPSA) is 144 Å². The average Bonchev–Trinajstić information content (AvgIpc) is 2.73. The van der Waals surface area contributed by atoms with Crippen LogP contribution >= 0.6 is 0 Å². The molecule has 1 aliphatic rings. The van der Waals surface area contributed by atoms with Gasteiger partial charge in [-0.2, -0.15) is 13.2 Å². The molecule has 200 valence electrons. The second-order valence-electron chi connectivity index (χ2n) is 7.72. The number of nitrogens with one attached hydrogen (secondary N) is 1. The van der Waals surface area contributed by atoms with E-state index in [9.17, 15) is 37.1 Å². The van der Waals surface area contributed by atoms with Gasteiger partial charge in [0.1, 0.15) is 6.10 Å². The van der Waals surface area contributed by atoms with Gasteiger partial charge in [-0.3, -0.25) is 19.2 Å². The van der Waals surface area contributed by atoms with Crippen molar-refractivity contribution in [2.75, 3.05) is 7.11 Å². The lowest BCUT2D eigenvalue weighted by Gasteiger charge is -2.49. The van der Waals surface area contributed by atoms with Gasteiger partial charge in [0, 0.05) is 26.7 Å². The second kappa shape index (κ2) is 11.6. The maximum absolute atomic E-state index is 15.8. The largest absolute Gasteiger partial charge is 0.471 e. The third kappa shape index (κ3) is 7.02. The lowest BCUT2D eigenvalue weighted by atomic mass is 9.82. The van der Waals surface area contributed by atoms with Crippen molar-refractivity contribution < 1.29 is 65.2 Å². The number of ether oxygens (including phenoxy) is 5. The van der Waals surface area contributed by atoms with Gasteiger partial charge in [0.05, 0.1) is 19.3 Å². The number of methoxy groups -OCH3 is 1. The molecule has 1 heterocycles. The first kappa shape index (κ1) is 30.1. The number of amides is 1. The van der Waals surface area contributed by atoms with E-state index in [1.807, 2.05) is 0 Å². The van der Waals surface area contributed by atoms with Gasteiger partial charge in [-0.1, -0.05) is 13.8 Å². The van der Waals surface area contributed by atoms with E-state index in [-0.39, 0.29) is 6.42 Å². The van der Waals surface area contributed by atoms with Crippen molar-refractivity contribution in [1.29, 1.82) is 0 Å². The summed E-state index contributed by atoms with van der Waals surface area (Å²) in [5, 5.41) is 1.52. The monoisotopic (exact) mass is 517 g/mol. The van der Waals surface area contributed by atoms with Crippen LogP contribution < -0.4 is 5.32 Å². The third-order valence-electron chi connectivity index (χ3n) is 5.12. The number of esters is 4. The Morgan fingerprint density at radius 1 is 1.06 bits per heavy atom. The number of hydrogen-bond acceptors (Lipinski definition) is 10. The molecule has 1 rings (SSSR count). The first-order valence-electron chi connectivity index (χ1n) is 10.3. The van der Waals surface area contributed by atoms with Crippen molar-refractivity contribution >= 4 is 29.8 Å². The molecule has 0 saturated carbocycles. The minimum atomic E-state index is -5.44. The molecule has 1 amide bonds. The highest BCUT2D eigenvalue weighted by Crippen LogP contribution is 2.40. The van der Waals surface area contributed by atoms with Gasteiger partial charge in [0.25, 0.3) is 0 Å². The Morgan fingerprint density at radius 2 is 1.63 bits per heavy atom. The minimum Gasteiger partial charge on any atom is -0.464 e. The van der Waals surface area contributed by atoms with Crippen molar-refractivity contribution in [2.24, 2.45) is 5.92 Å². The zero-order valence-electron chi connectivity index (χ0n) is 19.8. The molecule has 0 spiro atoms. The normalized spacial score (nSPS) is 28.2. The van der Waals surface area contributed by atoms with E-state index in [1.165, 1.54) is 19.2 Å². The molecule has 0 aromatic carbocycles. The fraction of sp³-hybridized carbons (Fsp3) is 0.750. The van der Waals surface area contributed by atoms with E-state index >= 15 is 4.39 Å². The Morgan fingerprint density at radius 3 is 2.03 bits per heavy atom. The molecule has 7 atom stereocenters. The van der Waals surface area contributed by atoms with E-state index < -0.39 is 78.2 Å². The summed E-state index contributed by atoms with van der Waals surface area (Å²) in [6.07, 6.45) is -13.6. The van der Waals surface area contributed by atoms with Crippen molar-refractivity contribution in [3.63, 3.8) is 0 Å². The fourth-order valence-electron chi connectivity index (χ4n) is 3.71. The molecule has 1 N–H and O–H groups in total. The Balaban J connectivity index is 3.78. The van der Waals surface area contributed by atoms with Gasteiger partial charge >= 0.3 is 41.7 Å². The molecule has 0 aliphatic carbocycles. The number of alkyl halides is 4. The average molecular weight is 517 g/mol. The summed E-state index contributed by atoms with van der Waals surface area (Å²) < 4.78 is 79.7. The molecule has 0 aromatic rings. The predicted molar refractivity (Wildman–Crippen MR) is 105 cm³/mol. The van der Waals surface area contributed by atoms with Crippen LogP contribution in [0.5, 0.6) is 0 Å². The zero-order valence-corrected chi connectivity index (χ0v) is 19.8. The number of hydrogen-bond donors (Lipinski definition) is 1. The first-order chi connectivity index (χ1) is 16.0. The predicted octanol–water partition coefficient (Wildman–Crippen LogP) is 1.11. The van der Waals surface area contributed by atoms with Gasteiger partial charge in [-0.05, 0) is 6.42 Å². The lowest BCUT2D eigenvalue weighted by Crippen LogP contribution is -2.73. The molecule has 1 aliphatic heterocycles. The number of carbonyl (C=O) groups excluding carboxylic acids is 5. The molecule has 0 radical (unpaired) electrons. The second-order valence-corrected chi connectivity index (χ2v) is 7.72. The summed E-state index contributed by atoms with van der Waals surface area (Å²) in [7, 11) is 0.786. The minimum absolute atomic E-state index is 0.0661. The summed E-state index contributed by atoms with van der Waals surface area (Å²) in [5.74, 6) is -11.8. The summed E-state index contributed by atoms with van der Waals surface area (Å²) in [6, 6.07) is -2.07. The molecule has 2 unspecified atom stereocenters. The summed E-state index contributed by atoms with van der Waals surface area (Å²) in [5.41, 5.74) is 0. The molecule has 0 aromatic heterocycles. The van der Waals surface area contributed by atoms with Crippen LogP contribution in [0.25, 0.3) is 0 Å². The van der Waals surface area contributed by atoms with Crippen LogP contribution in [0.1, 0.15) is 41.0 Å². The van der Waals surface area contributed by atoms with Crippen LogP contribution in [0.3, 0.4) is 0 Å². The Bertz CT molecular complexity index is 835. The van der Waals surface area contributed by atoms with Crippen LogP contribution in [0.2, 0.25) is 0 Å². The van der Waals surface area contributed by atoms with E-state index in [1.54, 1.807) is 0 Å². The van der Waals surface area contributed by atoms with Crippen molar-refractivity contribution in [1.82, 2.24) is 5.32 Å². The van der Waals surface area contributed by atoms with Crippen LogP contribution in [-0.2, 0) is 47.7 Å². The summed E-state index contributed by atoms with van der Waals surface area (Å²) >= 11 is 0. The number of carbonyl (C=O) groups is 5. The SMILES string of the molecule is CC[C@@H](OC(C)=O)[C@@H](C)C1O[C@@](OC(C)=O)(C(=O)OC)C(F)[C@@H](OC(C)=O)[C@H]1NC(=O)C(F)(F)F.